The molecule has 0 bridgehead atoms. The molecule has 0 unspecified atom stereocenters. The zero-order valence-electron chi connectivity index (χ0n) is 15.0. The quantitative estimate of drug-likeness (QED) is 0.713. The van der Waals surface area contributed by atoms with Gasteiger partial charge in [-0.05, 0) is 48.7 Å². The van der Waals surface area contributed by atoms with Crippen molar-refractivity contribution in [3.63, 3.8) is 0 Å². The first-order chi connectivity index (χ1) is 12.5. The summed E-state index contributed by atoms with van der Waals surface area (Å²) >= 11 is 0. The Kier molecular flexibility index (Phi) is 7.14. The molecule has 0 saturated carbocycles. The molecule has 138 valence electrons. The van der Waals surface area contributed by atoms with Crippen molar-refractivity contribution in [1.29, 1.82) is 0 Å². The van der Waals surface area contributed by atoms with E-state index in [0.717, 1.165) is 6.42 Å². The van der Waals surface area contributed by atoms with Gasteiger partial charge in [0.2, 0.25) is 0 Å². The minimum atomic E-state index is -0.421. The fourth-order valence-corrected chi connectivity index (χ4v) is 2.24. The Labute approximate surface area is 152 Å². The fourth-order valence-electron chi connectivity index (χ4n) is 2.24. The number of hydrogen-bond acceptors (Lipinski definition) is 3. The largest absolute Gasteiger partial charge is 0.484 e. The highest BCUT2D eigenvalue weighted by Gasteiger charge is 2.08. The summed E-state index contributed by atoms with van der Waals surface area (Å²) in [5, 5.41) is 5.28. The molecule has 2 aromatic rings. The maximum atomic E-state index is 13.4. The number of ether oxygens (including phenoxy) is 1. The van der Waals surface area contributed by atoms with Gasteiger partial charge in [-0.2, -0.15) is 0 Å². The van der Waals surface area contributed by atoms with E-state index >= 15 is 0 Å². The van der Waals surface area contributed by atoms with Crippen molar-refractivity contribution in [2.45, 2.75) is 20.3 Å². The zero-order chi connectivity index (χ0) is 18.9. The van der Waals surface area contributed by atoms with Crippen LogP contribution in [0.25, 0.3) is 0 Å². The molecule has 0 saturated heterocycles. The van der Waals surface area contributed by atoms with E-state index in [0.29, 0.717) is 11.3 Å². The molecule has 0 radical (unpaired) electrons. The molecular weight excluding hydrogens is 335 g/mol. The third-order valence-corrected chi connectivity index (χ3v) is 3.87. The van der Waals surface area contributed by atoms with Gasteiger partial charge in [0.05, 0.1) is 0 Å². The number of hydrogen-bond donors (Lipinski definition) is 2. The third-order valence-electron chi connectivity index (χ3n) is 3.87. The predicted octanol–water partition coefficient (Wildman–Crippen LogP) is 2.62. The van der Waals surface area contributed by atoms with E-state index < -0.39 is 5.82 Å². The van der Waals surface area contributed by atoms with Gasteiger partial charge in [-0.25, -0.2) is 4.39 Å². The molecule has 0 fully saturated rings. The Morgan fingerprint density at radius 2 is 1.73 bits per heavy atom. The van der Waals surface area contributed by atoms with E-state index in [1.165, 1.54) is 11.6 Å². The van der Waals surface area contributed by atoms with E-state index in [1.54, 1.807) is 19.1 Å². The van der Waals surface area contributed by atoms with Crippen LogP contribution < -0.4 is 15.4 Å². The molecule has 5 nitrogen and oxygen atoms in total. The molecule has 6 heteroatoms. The van der Waals surface area contributed by atoms with Crippen LogP contribution in [0.5, 0.6) is 5.75 Å². The minimum absolute atomic E-state index is 0.0947. The standard InChI is InChI=1S/C20H23FN2O3/c1-3-15-5-8-17(9-6-15)26-13-19(24)22-10-11-23-20(25)16-7-4-14(2)18(21)12-16/h4-9,12H,3,10-11,13H2,1-2H3,(H,22,24)(H,23,25). The number of rotatable bonds is 8. The van der Waals surface area contributed by atoms with Crippen LogP contribution in [0.3, 0.4) is 0 Å². The minimum Gasteiger partial charge on any atom is -0.484 e. The van der Waals surface area contributed by atoms with Crippen LogP contribution in [-0.2, 0) is 11.2 Å². The van der Waals surface area contributed by atoms with E-state index in [1.807, 2.05) is 24.3 Å². The van der Waals surface area contributed by atoms with Crippen LogP contribution in [0.2, 0.25) is 0 Å². The van der Waals surface area contributed by atoms with Crippen molar-refractivity contribution >= 4 is 11.8 Å². The van der Waals surface area contributed by atoms with E-state index in [2.05, 4.69) is 17.6 Å². The Bertz CT molecular complexity index is 760. The number of nitrogens with one attached hydrogen (secondary N) is 2. The van der Waals surface area contributed by atoms with E-state index in [-0.39, 0.29) is 37.1 Å². The number of halogens is 1. The first-order valence-electron chi connectivity index (χ1n) is 8.52. The number of benzene rings is 2. The topological polar surface area (TPSA) is 67.4 Å². The fraction of sp³-hybridized carbons (Fsp3) is 0.300. The summed E-state index contributed by atoms with van der Waals surface area (Å²) in [6.45, 7) is 4.11. The van der Waals surface area contributed by atoms with Gasteiger partial charge in [0.25, 0.3) is 11.8 Å². The van der Waals surface area contributed by atoms with Crippen LogP contribution in [0, 0.1) is 12.7 Å². The van der Waals surface area contributed by atoms with Crippen molar-refractivity contribution in [2.24, 2.45) is 0 Å². The van der Waals surface area contributed by atoms with Crippen LogP contribution in [0.15, 0.2) is 42.5 Å². The summed E-state index contributed by atoms with van der Waals surface area (Å²) in [5.41, 5.74) is 1.93. The molecule has 0 atom stereocenters. The summed E-state index contributed by atoms with van der Waals surface area (Å²) < 4.78 is 18.8. The molecule has 2 N–H and O–H groups in total. The first-order valence-corrected chi connectivity index (χ1v) is 8.52. The number of aryl methyl sites for hydroxylation is 2. The zero-order valence-corrected chi connectivity index (χ0v) is 15.0. The highest BCUT2D eigenvalue weighted by atomic mass is 19.1. The average Bonchev–Trinajstić information content (AvgIpc) is 2.66. The number of carbonyl (C=O) groups is 2. The molecule has 0 aromatic heterocycles. The molecule has 26 heavy (non-hydrogen) atoms. The molecule has 2 amide bonds. The van der Waals surface area contributed by atoms with Gasteiger partial charge in [0, 0.05) is 18.7 Å². The second-order valence-electron chi connectivity index (χ2n) is 5.86. The van der Waals surface area contributed by atoms with E-state index in [9.17, 15) is 14.0 Å². The van der Waals surface area contributed by atoms with Crippen molar-refractivity contribution in [2.75, 3.05) is 19.7 Å². The summed E-state index contributed by atoms with van der Waals surface area (Å²) in [4.78, 5) is 23.6. The van der Waals surface area contributed by atoms with Gasteiger partial charge in [-0.1, -0.05) is 25.1 Å². The van der Waals surface area contributed by atoms with Crippen molar-refractivity contribution in [1.82, 2.24) is 10.6 Å². The molecule has 0 aliphatic rings. The Morgan fingerprint density at radius 3 is 2.38 bits per heavy atom. The first kappa shape index (κ1) is 19.4. The summed E-state index contributed by atoms with van der Waals surface area (Å²) in [7, 11) is 0. The van der Waals surface area contributed by atoms with Gasteiger partial charge in [0.15, 0.2) is 6.61 Å². The lowest BCUT2D eigenvalue weighted by Gasteiger charge is -2.09. The lowest BCUT2D eigenvalue weighted by atomic mass is 10.1. The molecular formula is C20H23FN2O3. The van der Waals surface area contributed by atoms with Gasteiger partial charge in [-0.3, -0.25) is 9.59 Å². The second-order valence-corrected chi connectivity index (χ2v) is 5.86. The summed E-state index contributed by atoms with van der Waals surface area (Å²) in [6.07, 6.45) is 0.946. The Hall–Kier alpha value is -2.89. The molecule has 0 aliphatic carbocycles. The highest BCUT2D eigenvalue weighted by molar-refractivity contribution is 5.94. The molecule has 2 rings (SSSR count). The average molecular weight is 358 g/mol. The predicted molar refractivity (Wildman–Crippen MR) is 97.8 cm³/mol. The SMILES string of the molecule is CCc1ccc(OCC(=O)NCCNC(=O)c2ccc(C)c(F)c2)cc1. The van der Waals surface area contributed by atoms with Gasteiger partial charge >= 0.3 is 0 Å². The molecule has 0 aliphatic heterocycles. The van der Waals surface area contributed by atoms with Crippen molar-refractivity contribution in [3.05, 3.63) is 65.0 Å². The lowest BCUT2D eigenvalue weighted by Crippen LogP contribution is -2.36. The third kappa shape index (κ3) is 5.88. The molecule has 0 spiro atoms. The van der Waals surface area contributed by atoms with Crippen molar-refractivity contribution in [3.8, 4) is 5.75 Å². The Balaban J connectivity index is 1.66. The van der Waals surface area contributed by atoms with Crippen LogP contribution >= 0.6 is 0 Å². The summed E-state index contributed by atoms with van der Waals surface area (Å²) in [5.74, 6) is -0.451. The molecule has 2 aromatic carbocycles. The monoisotopic (exact) mass is 358 g/mol. The summed E-state index contributed by atoms with van der Waals surface area (Å²) in [6, 6.07) is 11.9. The van der Waals surface area contributed by atoms with Crippen molar-refractivity contribution < 1.29 is 18.7 Å². The van der Waals surface area contributed by atoms with Gasteiger partial charge in [-0.15, -0.1) is 0 Å². The Morgan fingerprint density at radius 1 is 1.04 bits per heavy atom. The highest BCUT2D eigenvalue weighted by Crippen LogP contribution is 2.12. The van der Waals surface area contributed by atoms with E-state index in [4.69, 9.17) is 4.74 Å². The lowest BCUT2D eigenvalue weighted by molar-refractivity contribution is -0.123. The molecule has 0 heterocycles. The maximum Gasteiger partial charge on any atom is 0.258 e. The van der Waals surface area contributed by atoms with Crippen LogP contribution in [0.1, 0.15) is 28.4 Å². The van der Waals surface area contributed by atoms with Crippen LogP contribution in [0.4, 0.5) is 4.39 Å². The smallest absolute Gasteiger partial charge is 0.258 e. The second kappa shape index (κ2) is 9.56. The maximum absolute atomic E-state index is 13.4. The van der Waals surface area contributed by atoms with Crippen LogP contribution in [-0.4, -0.2) is 31.5 Å². The number of carbonyl (C=O) groups excluding carboxylic acids is 2. The number of amides is 2. The normalized spacial score (nSPS) is 10.3. The van der Waals surface area contributed by atoms with Gasteiger partial charge in [0.1, 0.15) is 11.6 Å². The van der Waals surface area contributed by atoms with Gasteiger partial charge < -0.3 is 15.4 Å².